The van der Waals surface area contributed by atoms with Crippen molar-refractivity contribution in [2.75, 3.05) is 0 Å². The topological polar surface area (TPSA) is 63.1 Å². The summed E-state index contributed by atoms with van der Waals surface area (Å²) in [5, 5.41) is 11.6. The zero-order valence-electron chi connectivity index (χ0n) is 11.5. The Morgan fingerprint density at radius 2 is 2.05 bits per heavy atom. The summed E-state index contributed by atoms with van der Waals surface area (Å²) in [6.45, 7) is 1.97. The van der Waals surface area contributed by atoms with Gasteiger partial charge in [0, 0.05) is 0 Å². The molecule has 0 aliphatic carbocycles. The molecule has 1 N–H and O–H groups in total. The zero-order chi connectivity index (χ0) is 14.8. The molecule has 21 heavy (non-hydrogen) atoms. The van der Waals surface area contributed by atoms with Gasteiger partial charge in [0.25, 0.3) is 0 Å². The average Bonchev–Trinajstić information content (AvgIpc) is 2.87. The molecule has 2 heterocycles. The number of fused-ring (bicyclic) bond motifs is 1. The molecule has 2 aromatic heterocycles. The van der Waals surface area contributed by atoms with Gasteiger partial charge in [-0.15, -0.1) is 11.3 Å². The van der Waals surface area contributed by atoms with Crippen LogP contribution in [0, 0.1) is 6.92 Å². The van der Waals surface area contributed by atoms with Gasteiger partial charge in [-0.2, -0.15) is 0 Å². The Bertz CT molecular complexity index is 783. The molecule has 0 radical (unpaired) electrons. The lowest BCUT2D eigenvalue weighted by atomic mass is 9.95. The number of aromatic nitrogens is 2. The first-order chi connectivity index (χ1) is 10.2. The Labute approximate surface area is 126 Å². The molecule has 0 fully saturated rings. The van der Waals surface area contributed by atoms with E-state index in [0.29, 0.717) is 12.1 Å². The maximum absolute atomic E-state index is 11.7. The van der Waals surface area contributed by atoms with Crippen LogP contribution < -0.4 is 0 Å². The van der Waals surface area contributed by atoms with E-state index in [9.17, 15) is 9.90 Å². The molecule has 0 spiro atoms. The Morgan fingerprint density at radius 3 is 2.76 bits per heavy atom. The van der Waals surface area contributed by atoms with Crippen LogP contribution in [0.2, 0.25) is 0 Å². The maximum atomic E-state index is 11.7. The predicted molar refractivity (Wildman–Crippen MR) is 82.7 cm³/mol. The highest BCUT2D eigenvalue weighted by atomic mass is 32.1. The van der Waals surface area contributed by atoms with E-state index >= 15 is 0 Å². The molecular formula is C16H14N2O2S. The van der Waals surface area contributed by atoms with Crippen LogP contribution in [0.3, 0.4) is 0 Å². The second kappa shape index (κ2) is 5.61. The van der Waals surface area contributed by atoms with Crippen molar-refractivity contribution in [3.8, 4) is 0 Å². The van der Waals surface area contributed by atoms with Gasteiger partial charge in [-0.05, 0) is 29.9 Å². The van der Waals surface area contributed by atoms with Crippen LogP contribution in [0.4, 0.5) is 0 Å². The third-order valence-corrected chi connectivity index (χ3v) is 4.58. The van der Waals surface area contributed by atoms with Crippen molar-refractivity contribution < 1.29 is 9.90 Å². The minimum atomic E-state index is -0.857. The van der Waals surface area contributed by atoms with Crippen LogP contribution in [0.25, 0.3) is 10.2 Å². The molecule has 106 valence electrons. The number of rotatable bonds is 4. The van der Waals surface area contributed by atoms with Gasteiger partial charge in [0.05, 0.1) is 15.9 Å². The van der Waals surface area contributed by atoms with Crippen LogP contribution >= 0.6 is 11.3 Å². The van der Waals surface area contributed by atoms with Crippen LogP contribution in [0.1, 0.15) is 22.7 Å². The van der Waals surface area contributed by atoms with Crippen LogP contribution in [-0.4, -0.2) is 21.0 Å². The number of aliphatic carboxylic acids is 1. The highest BCUT2D eigenvalue weighted by Gasteiger charge is 2.25. The monoisotopic (exact) mass is 298 g/mol. The van der Waals surface area contributed by atoms with Crippen LogP contribution in [0.15, 0.2) is 42.0 Å². The molecule has 0 aliphatic rings. The van der Waals surface area contributed by atoms with Crippen molar-refractivity contribution >= 4 is 27.5 Å². The summed E-state index contributed by atoms with van der Waals surface area (Å²) >= 11 is 1.51. The number of carboxylic acids is 1. The fraction of sp³-hybridized carbons (Fsp3) is 0.188. The lowest BCUT2D eigenvalue weighted by Gasteiger charge is -2.12. The van der Waals surface area contributed by atoms with Crippen molar-refractivity contribution in [1.82, 2.24) is 9.97 Å². The van der Waals surface area contributed by atoms with Gasteiger partial charge in [-0.25, -0.2) is 9.97 Å². The normalized spacial score (nSPS) is 12.4. The van der Waals surface area contributed by atoms with Crippen molar-refractivity contribution in [3.05, 3.63) is 58.9 Å². The Hall–Kier alpha value is -2.27. The maximum Gasteiger partial charge on any atom is 0.312 e. The molecule has 1 atom stereocenters. The number of benzene rings is 1. The van der Waals surface area contributed by atoms with Crippen LogP contribution in [0.5, 0.6) is 0 Å². The lowest BCUT2D eigenvalue weighted by molar-refractivity contribution is -0.138. The van der Waals surface area contributed by atoms with E-state index in [1.807, 2.05) is 42.6 Å². The number of aryl methyl sites for hydroxylation is 1. The molecule has 4 nitrogen and oxygen atoms in total. The molecule has 0 amide bonds. The van der Waals surface area contributed by atoms with Crippen molar-refractivity contribution in [1.29, 1.82) is 0 Å². The SMILES string of the molecule is Cc1csc2c(C(Cc3ccccc3)C(=O)O)ncnc12. The second-order valence-electron chi connectivity index (χ2n) is 4.94. The number of nitrogens with zero attached hydrogens (tertiary/aromatic N) is 2. The van der Waals surface area contributed by atoms with E-state index in [4.69, 9.17) is 0 Å². The minimum Gasteiger partial charge on any atom is -0.481 e. The van der Waals surface area contributed by atoms with E-state index in [1.54, 1.807) is 0 Å². The van der Waals surface area contributed by atoms with Crippen molar-refractivity contribution in [3.63, 3.8) is 0 Å². The summed E-state index contributed by atoms with van der Waals surface area (Å²) in [5.41, 5.74) is 3.51. The highest BCUT2D eigenvalue weighted by molar-refractivity contribution is 7.17. The highest BCUT2D eigenvalue weighted by Crippen LogP contribution is 2.31. The molecule has 0 saturated heterocycles. The van der Waals surface area contributed by atoms with Crippen molar-refractivity contribution in [2.45, 2.75) is 19.3 Å². The smallest absolute Gasteiger partial charge is 0.312 e. The first kappa shape index (κ1) is 13.7. The number of carboxylic acid groups (broad SMARTS) is 1. The predicted octanol–water partition coefficient (Wildman–Crippen LogP) is 3.41. The second-order valence-corrected chi connectivity index (χ2v) is 5.82. The third-order valence-electron chi connectivity index (χ3n) is 3.47. The van der Waals surface area contributed by atoms with E-state index in [2.05, 4.69) is 9.97 Å². The number of carbonyl (C=O) groups is 1. The lowest BCUT2D eigenvalue weighted by Crippen LogP contribution is -2.16. The summed E-state index contributed by atoms with van der Waals surface area (Å²) < 4.78 is 0.873. The van der Waals surface area contributed by atoms with Gasteiger partial charge in [0.15, 0.2) is 0 Å². The fourth-order valence-electron chi connectivity index (χ4n) is 2.39. The standard InChI is InChI=1S/C16H14N2O2S/c1-10-8-21-15-13(10)17-9-18-14(15)12(16(19)20)7-11-5-3-2-4-6-11/h2-6,8-9,12H,7H2,1H3,(H,19,20). The van der Waals surface area contributed by atoms with Gasteiger partial charge in [-0.3, -0.25) is 4.79 Å². The summed E-state index contributed by atoms with van der Waals surface area (Å²) in [5.74, 6) is -1.51. The summed E-state index contributed by atoms with van der Waals surface area (Å²) in [7, 11) is 0. The number of hydrogen-bond acceptors (Lipinski definition) is 4. The molecule has 0 bridgehead atoms. The van der Waals surface area contributed by atoms with Crippen molar-refractivity contribution in [2.24, 2.45) is 0 Å². The Kier molecular flexibility index (Phi) is 3.66. The van der Waals surface area contributed by atoms with Gasteiger partial charge in [0.1, 0.15) is 12.2 Å². The van der Waals surface area contributed by atoms with E-state index in [0.717, 1.165) is 21.3 Å². The first-order valence-electron chi connectivity index (χ1n) is 6.62. The van der Waals surface area contributed by atoms with Gasteiger partial charge < -0.3 is 5.11 Å². The fourth-order valence-corrected chi connectivity index (χ4v) is 3.43. The Morgan fingerprint density at radius 1 is 1.29 bits per heavy atom. The molecule has 0 saturated carbocycles. The minimum absolute atomic E-state index is 0.430. The van der Waals surface area contributed by atoms with E-state index in [-0.39, 0.29) is 0 Å². The van der Waals surface area contributed by atoms with Gasteiger partial charge in [0.2, 0.25) is 0 Å². The molecule has 1 unspecified atom stereocenters. The van der Waals surface area contributed by atoms with Crippen LogP contribution in [-0.2, 0) is 11.2 Å². The summed E-state index contributed by atoms with van der Waals surface area (Å²) in [4.78, 5) is 20.2. The zero-order valence-corrected chi connectivity index (χ0v) is 12.3. The van der Waals surface area contributed by atoms with Gasteiger partial charge in [-0.1, -0.05) is 30.3 Å². The summed E-state index contributed by atoms with van der Waals surface area (Å²) in [6.07, 6.45) is 1.89. The molecule has 3 rings (SSSR count). The van der Waals surface area contributed by atoms with E-state index < -0.39 is 11.9 Å². The first-order valence-corrected chi connectivity index (χ1v) is 7.50. The molecular weight excluding hydrogens is 284 g/mol. The molecule has 3 aromatic rings. The average molecular weight is 298 g/mol. The van der Waals surface area contributed by atoms with E-state index in [1.165, 1.54) is 17.7 Å². The molecule has 0 aliphatic heterocycles. The van der Waals surface area contributed by atoms with Gasteiger partial charge >= 0.3 is 5.97 Å². The number of thiophene rings is 1. The summed E-state index contributed by atoms with van der Waals surface area (Å²) in [6, 6.07) is 9.63. The molecule has 5 heteroatoms. The quantitative estimate of drug-likeness (QED) is 0.801. The Balaban J connectivity index is 2.06. The third kappa shape index (κ3) is 2.64. The largest absolute Gasteiger partial charge is 0.481 e. The molecule has 1 aromatic carbocycles. The number of hydrogen-bond donors (Lipinski definition) is 1.